The molecule has 0 unspecified atom stereocenters. The minimum Gasteiger partial charge on any atom is -0.434 e. The van der Waals surface area contributed by atoms with E-state index in [1.807, 2.05) is 30.3 Å². The third-order valence-electron chi connectivity index (χ3n) is 4.45. The lowest BCUT2D eigenvalue weighted by molar-refractivity contribution is -0.119. The molecule has 1 aliphatic rings. The zero-order valence-corrected chi connectivity index (χ0v) is 13.6. The monoisotopic (exact) mass is 343 g/mol. The lowest BCUT2D eigenvalue weighted by atomic mass is 9.72. The second-order valence-electron chi connectivity index (χ2n) is 6.04. The number of hydrogen-bond acceptors (Lipinski definition) is 2. The van der Waals surface area contributed by atoms with Crippen molar-refractivity contribution >= 4 is 12.0 Å². The summed E-state index contributed by atoms with van der Waals surface area (Å²) in [7, 11) is 0. The van der Waals surface area contributed by atoms with Crippen LogP contribution in [-0.2, 0) is 10.3 Å². The Balaban J connectivity index is 1.71. The van der Waals surface area contributed by atoms with Gasteiger partial charge in [-0.3, -0.25) is 4.79 Å². The van der Waals surface area contributed by atoms with Crippen molar-refractivity contribution in [2.45, 2.75) is 31.4 Å². The second-order valence-corrected chi connectivity index (χ2v) is 6.04. The van der Waals surface area contributed by atoms with Gasteiger partial charge in [-0.2, -0.15) is 8.78 Å². The standard InChI is InChI=1S/C20H19F2NO2/c21-19(22)25-17-10-5-4-7-15(17)11-12-18(24)23-20(13-6-14-20)16-8-2-1-3-9-16/h1-5,7-12,19H,6,13-14H2,(H,23,24)/b12-11+. The number of carbonyl (C=O) groups excluding carboxylic acids is 1. The molecule has 1 N–H and O–H groups in total. The number of ether oxygens (including phenoxy) is 1. The molecular weight excluding hydrogens is 324 g/mol. The molecule has 0 radical (unpaired) electrons. The smallest absolute Gasteiger partial charge is 0.387 e. The van der Waals surface area contributed by atoms with Crippen molar-refractivity contribution in [1.82, 2.24) is 5.32 Å². The highest BCUT2D eigenvalue weighted by atomic mass is 19.3. The number of nitrogens with one attached hydrogen (secondary N) is 1. The van der Waals surface area contributed by atoms with Gasteiger partial charge < -0.3 is 10.1 Å². The minimum absolute atomic E-state index is 0.0444. The van der Waals surface area contributed by atoms with E-state index in [1.54, 1.807) is 18.2 Å². The molecule has 25 heavy (non-hydrogen) atoms. The molecule has 0 spiro atoms. The van der Waals surface area contributed by atoms with Crippen LogP contribution in [0.1, 0.15) is 30.4 Å². The van der Waals surface area contributed by atoms with E-state index >= 15 is 0 Å². The summed E-state index contributed by atoms with van der Waals surface area (Å²) in [6.07, 6.45) is 5.69. The first-order valence-corrected chi connectivity index (χ1v) is 8.19. The van der Waals surface area contributed by atoms with Crippen molar-refractivity contribution in [1.29, 1.82) is 0 Å². The third-order valence-corrected chi connectivity index (χ3v) is 4.45. The predicted octanol–water partition coefficient (Wildman–Crippen LogP) is 4.50. The first-order chi connectivity index (χ1) is 12.1. The average Bonchev–Trinajstić information content (AvgIpc) is 2.57. The maximum absolute atomic E-state index is 12.4. The van der Waals surface area contributed by atoms with Crippen LogP contribution in [0.3, 0.4) is 0 Å². The number of halogens is 2. The summed E-state index contributed by atoms with van der Waals surface area (Å²) < 4.78 is 29.3. The maximum Gasteiger partial charge on any atom is 0.387 e. The predicted molar refractivity (Wildman–Crippen MR) is 92.2 cm³/mol. The Bertz CT molecular complexity index is 755. The van der Waals surface area contributed by atoms with Crippen LogP contribution in [0.25, 0.3) is 6.08 Å². The Morgan fingerprint density at radius 1 is 1.08 bits per heavy atom. The molecule has 0 aliphatic heterocycles. The number of para-hydroxylation sites is 1. The maximum atomic E-state index is 12.4. The Labute approximate surface area is 145 Å². The molecule has 1 aliphatic carbocycles. The fourth-order valence-electron chi connectivity index (χ4n) is 3.04. The van der Waals surface area contributed by atoms with Gasteiger partial charge in [0.1, 0.15) is 5.75 Å². The van der Waals surface area contributed by atoms with Gasteiger partial charge in [0.15, 0.2) is 0 Å². The van der Waals surface area contributed by atoms with Crippen molar-refractivity contribution in [2.75, 3.05) is 0 Å². The van der Waals surface area contributed by atoms with E-state index in [0.29, 0.717) is 5.56 Å². The molecule has 0 saturated heterocycles. The fraction of sp³-hybridized carbons (Fsp3) is 0.250. The van der Waals surface area contributed by atoms with Crippen LogP contribution in [0.5, 0.6) is 5.75 Å². The number of benzene rings is 2. The van der Waals surface area contributed by atoms with E-state index in [1.165, 1.54) is 18.2 Å². The number of hydrogen-bond donors (Lipinski definition) is 1. The highest BCUT2D eigenvalue weighted by Crippen LogP contribution is 2.41. The molecule has 1 fully saturated rings. The van der Waals surface area contributed by atoms with Crippen molar-refractivity contribution in [3.8, 4) is 5.75 Å². The van der Waals surface area contributed by atoms with E-state index in [9.17, 15) is 13.6 Å². The zero-order chi connectivity index (χ0) is 17.7. The summed E-state index contributed by atoms with van der Waals surface area (Å²) in [5, 5.41) is 3.06. The Morgan fingerprint density at radius 3 is 2.40 bits per heavy atom. The van der Waals surface area contributed by atoms with E-state index in [-0.39, 0.29) is 17.2 Å². The molecule has 5 heteroatoms. The molecule has 0 atom stereocenters. The Hall–Kier alpha value is -2.69. The van der Waals surface area contributed by atoms with E-state index in [4.69, 9.17) is 0 Å². The van der Waals surface area contributed by atoms with Crippen LogP contribution in [0.2, 0.25) is 0 Å². The van der Waals surface area contributed by atoms with E-state index in [0.717, 1.165) is 24.8 Å². The van der Waals surface area contributed by atoms with Gasteiger partial charge in [-0.25, -0.2) is 0 Å². The quantitative estimate of drug-likeness (QED) is 0.785. The van der Waals surface area contributed by atoms with Gasteiger partial charge in [0.05, 0.1) is 5.54 Å². The highest BCUT2D eigenvalue weighted by Gasteiger charge is 2.39. The van der Waals surface area contributed by atoms with Crippen LogP contribution >= 0.6 is 0 Å². The first kappa shape index (κ1) is 17.1. The number of amides is 1. The van der Waals surface area contributed by atoms with Crippen LogP contribution in [0, 0.1) is 0 Å². The summed E-state index contributed by atoms with van der Waals surface area (Å²) in [4.78, 5) is 12.3. The second kappa shape index (κ2) is 7.47. The lowest BCUT2D eigenvalue weighted by Crippen LogP contribution is -2.50. The van der Waals surface area contributed by atoms with Crippen molar-refractivity contribution in [2.24, 2.45) is 0 Å². The number of rotatable bonds is 6. The summed E-state index contributed by atoms with van der Waals surface area (Å²) in [6.45, 7) is -2.90. The summed E-state index contributed by atoms with van der Waals surface area (Å²) in [6, 6.07) is 16.2. The van der Waals surface area contributed by atoms with Gasteiger partial charge in [-0.1, -0.05) is 48.5 Å². The number of carbonyl (C=O) groups is 1. The van der Waals surface area contributed by atoms with Crippen LogP contribution in [0.4, 0.5) is 8.78 Å². The summed E-state index contributed by atoms with van der Waals surface area (Å²) in [5.74, 6) is -0.210. The first-order valence-electron chi connectivity index (χ1n) is 8.19. The van der Waals surface area contributed by atoms with Crippen LogP contribution in [0.15, 0.2) is 60.7 Å². The molecule has 3 nitrogen and oxygen atoms in total. The highest BCUT2D eigenvalue weighted by molar-refractivity contribution is 5.92. The summed E-state index contributed by atoms with van der Waals surface area (Å²) in [5.41, 5.74) is 1.19. The topological polar surface area (TPSA) is 38.3 Å². The van der Waals surface area contributed by atoms with Crippen LogP contribution in [-0.4, -0.2) is 12.5 Å². The molecule has 1 amide bonds. The van der Waals surface area contributed by atoms with Crippen molar-refractivity contribution in [3.05, 3.63) is 71.8 Å². The Kier molecular flexibility index (Phi) is 5.12. The van der Waals surface area contributed by atoms with E-state index < -0.39 is 6.61 Å². The van der Waals surface area contributed by atoms with Crippen molar-refractivity contribution in [3.63, 3.8) is 0 Å². The number of alkyl halides is 2. The third kappa shape index (κ3) is 4.05. The normalized spacial score (nSPS) is 15.8. The molecule has 2 aromatic carbocycles. The lowest BCUT2D eigenvalue weighted by Gasteiger charge is -2.42. The SMILES string of the molecule is O=C(/C=C/c1ccccc1OC(F)F)NC1(c2ccccc2)CCC1. The van der Waals surface area contributed by atoms with Gasteiger partial charge >= 0.3 is 6.61 Å². The molecule has 130 valence electrons. The largest absolute Gasteiger partial charge is 0.434 e. The minimum atomic E-state index is -2.90. The molecule has 3 rings (SSSR count). The van der Waals surface area contributed by atoms with Crippen LogP contribution < -0.4 is 10.1 Å². The van der Waals surface area contributed by atoms with Gasteiger partial charge in [0.25, 0.3) is 0 Å². The fourth-order valence-corrected chi connectivity index (χ4v) is 3.04. The summed E-state index contributed by atoms with van der Waals surface area (Å²) >= 11 is 0. The average molecular weight is 343 g/mol. The zero-order valence-electron chi connectivity index (χ0n) is 13.6. The molecule has 0 aromatic heterocycles. The molecular formula is C20H19F2NO2. The molecule has 1 saturated carbocycles. The molecule has 0 bridgehead atoms. The van der Waals surface area contributed by atoms with E-state index in [2.05, 4.69) is 10.1 Å². The van der Waals surface area contributed by atoms with Crippen molar-refractivity contribution < 1.29 is 18.3 Å². The Morgan fingerprint density at radius 2 is 1.76 bits per heavy atom. The van der Waals surface area contributed by atoms with Gasteiger partial charge in [0, 0.05) is 11.6 Å². The molecule has 2 aromatic rings. The van der Waals surface area contributed by atoms with Gasteiger partial charge in [-0.05, 0) is 37.0 Å². The van der Waals surface area contributed by atoms with Gasteiger partial charge in [-0.15, -0.1) is 0 Å². The van der Waals surface area contributed by atoms with Gasteiger partial charge in [0.2, 0.25) is 5.91 Å². The molecule has 0 heterocycles.